The third-order valence-corrected chi connectivity index (χ3v) is 3.52. The summed E-state index contributed by atoms with van der Waals surface area (Å²) in [7, 11) is 2.15. The van der Waals surface area contributed by atoms with Gasteiger partial charge in [-0.3, -0.25) is 0 Å². The Morgan fingerprint density at radius 2 is 2.37 bits per heavy atom. The summed E-state index contributed by atoms with van der Waals surface area (Å²) >= 11 is 0. The number of nitrogens with zero attached hydrogens (tertiary/aromatic N) is 3. The lowest BCUT2D eigenvalue weighted by atomic mass is 10.1. The molecule has 2 heterocycles. The first kappa shape index (κ1) is 12.2. The summed E-state index contributed by atoms with van der Waals surface area (Å²) in [4.78, 5) is 6.30. The maximum Gasteiger partial charge on any atom is 0.227 e. The summed E-state index contributed by atoms with van der Waals surface area (Å²) in [6.45, 7) is 2.85. The van der Waals surface area contributed by atoms with Crippen LogP contribution >= 0.6 is 0 Å². The van der Waals surface area contributed by atoms with Gasteiger partial charge in [0.25, 0.3) is 0 Å². The Bertz CT molecular complexity index is 538. The summed E-state index contributed by atoms with van der Waals surface area (Å²) in [6.07, 6.45) is 3.36. The summed E-state index contributed by atoms with van der Waals surface area (Å²) in [5.41, 5.74) is 4.16. The molecule has 3 rings (SSSR count). The van der Waals surface area contributed by atoms with Crippen LogP contribution in [0.3, 0.4) is 0 Å². The molecule has 0 unspecified atom stereocenters. The first-order chi connectivity index (χ1) is 9.33. The predicted molar refractivity (Wildman–Crippen MR) is 73.1 cm³/mol. The molecule has 0 saturated heterocycles. The highest BCUT2D eigenvalue weighted by Crippen LogP contribution is 2.27. The van der Waals surface area contributed by atoms with Crippen LogP contribution in [-0.2, 0) is 19.4 Å². The number of aromatic nitrogens is 2. The molecule has 0 amide bonds. The zero-order valence-corrected chi connectivity index (χ0v) is 11.1. The minimum Gasteiger partial charge on any atom is -0.374 e. The van der Waals surface area contributed by atoms with E-state index in [2.05, 4.69) is 45.6 Å². The van der Waals surface area contributed by atoms with Gasteiger partial charge in [-0.15, -0.1) is 0 Å². The van der Waals surface area contributed by atoms with Gasteiger partial charge in [-0.25, -0.2) is 0 Å². The van der Waals surface area contributed by atoms with Gasteiger partial charge in [-0.2, -0.15) is 4.98 Å². The van der Waals surface area contributed by atoms with Gasteiger partial charge < -0.3 is 14.7 Å². The van der Waals surface area contributed by atoms with Gasteiger partial charge >= 0.3 is 0 Å². The third kappa shape index (κ3) is 2.76. The van der Waals surface area contributed by atoms with Crippen LogP contribution in [0.25, 0.3) is 0 Å². The zero-order valence-electron chi connectivity index (χ0n) is 11.1. The van der Waals surface area contributed by atoms with Crippen molar-refractivity contribution in [3.63, 3.8) is 0 Å². The van der Waals surface area contributed by atoms with Crippen molar-refractivity contribution in [2.45, 2.75) is 19.4 Å². The Morgan fingerprint density at radius 3 is 3.21 bits per heavy atom. The van der Waals surface area contributed by atoms with E-state index in [4.69, 9.17) is 4.52 Å². The van der Waals surface area contributed by atoms with Crippen molar-refractivity contribution < 1.29 is 4.52 Å². The van der Waals surface area contributed by atoms with Crippen molar-refractivity contribution in [1.29, 1.82) is 0 Å². The maximum atomic E-state index is 4.95. The highest BCUT2D eigenvalue weighted by molar-refractivity contribution is 5.58. The van der Waals surface area contributed by atoms with Crippen molar-refractivity contribution in [1.82, 2.24) is 15.5 Å². The molecule has 5 nitrogen and oxygen atoms in total. The Morgan fingerprint density at radius 1 is 1.42 bits per heavy atom. The van der Waals surface area contributed by atoms with Gasteiger partial charge in [0.1, 0.15) is 0 Å². The van der Waals surface area contributed by atoms with Crippen molar-refractivity contribution >= 4 is 5.69 Å². The zero-order chi connectivity index (χ0) is 13.1. The molecule has 1 aliphatic rings. The van der Waals surface area contributed by atoms with E-state index in [0.717, 1.165) is 32.5 Å². The van der Waals surface area contributed by atoms with Crippen LogP contribution in [-0.4, -0.2) is 30.3 Å². The fourth-order valence-electron chi connectivity index (χ4n) is 2.46. The monoisotopic (exact) mass is 258 g/mol. The van der Waals surface area contributed by atoms with Crippen molar-refractivity contribution in [2.75, 3.05) is 25.0 Å². The topological polar surface area (TPSA) is 54.2 Å². The van der Waals surface area contributed by atoms with Crippen LogP contribution in [0.15, 0.2) is 29.0 Å². The van der Waals surface area contributed by atoms with E-state index in [9.17, 15) is 0 Å². The quantitative estimate of drug-likeness (QED) is 0.821. The summed E-state index contributed by atoms with van der Waals surface area (Å²) in [6, 6.07) is 6.72. The Hall–Kier alpha value is -1.88. The fraction of sp³-hybridized carbons (Fsp3) is 0.429. The lowest BCUT2D eigenvalue weighted by molar-refractivity contribution is 0.375. The second-order valence-corrected chi connectivity index (χ2v) is 4.90. The number of hydrogen-bond donors (Lipinski definition) is 1. The molecule has 19 heavy (non-hydrogen) atoms. The molecular weight excluding hydrogens is 240 g/mol. The molecule has 1 aromatic carbocycles. The number of anilines is 1. The maximum absolute atomic E-state index is 4.95. The molecular formula is C14H18N4O. The molecule has 0 saturated carbocycles. The molecule has 5 heteroatoms. The molecule has 1 aliphatic heterocycles. The fourth-order valence-corrected chi connectivity index (χ4v) is 2.46. The molecule has 0 atom stereocenters. The molecule has 1 aromatic heterocycles. The van der Waals surface area contributed by atoms with Gasteiger partial charge in [0.15, 0.2) is 6.33 Å². The van der Waals surface area contributed by atoms with Gasteiger partial charge in [-0.1, -0.05) is 17.3 Å². The number of hydrogen-bond acceptors (Lipinski definition) is 5. The normalized spacial score (nSPS) is 13.8. The Balaban J connectivity index is 1.51. The van der Waals surface area contributed by atoms with Gasteiger partial charge in [0, 0.05) is 38.8 Å². The average Bonchev–Trinajstić information content (AvgIpc) is 3.05. The van der Waals surface area contributed by atoms with Crippen LogP contribution in [0.4, 0.5) is 5.69 Å². The molecule has 1 N–H and O–H groups in total. The van der Waals surface area contributed by atoms with E-state index in [-0.39, 0.29) is 0 Å². The minimum atomic E-state index is 0.683. The summed E-state index contributed by atoms with van der Waals surface area (Å²) in [5.74, 6) is 0.683. The lowest BCUT2D eigenvalue weighted by Crippen LogP contribution is -2.17. The highest BCUT2D eigenvalue weighted by Gasteiger charge is 2.15. The van der Waals surface area contributed by atoms with Crippen LogP contribution in [0.5, 0.6) is 0 Å². The first-order valence-electron chi connectivity index (χ1n) is 6.62. The molecule has 0 spiro atoms. The van der Waals surface area contributed by atoms with E-state index >= 15 is 0 Å². The van der Waals surface area contributed by atoms with Crippen LogP contribution in [0.1, 0.15) is 17.0 Å². The molecule has 2 aromatic rings. The minimum absolute atomic E-state index is 0.683. The Kier molecular flexibility index (Phi) is 3.46. The molecule has 100 valence electrons. The van der Waals surface area contributed by atoms with Gasteiger partial charge in [0.05, 0.1) is 0 Å². The van der Waals surface area contributed by atoms with E-state index in [1.165, 1.54) is 23.1 Å². The first-order valence-corrected chi connectivity index (χ1v) is 6.62. The molecule has 0 radical (unpaired) electrons. The number of benzene rings is 1. The lowest BCUT2D eigenvalue weighted by Gasteiger charge is -2.12. The molecule has 0 bridgehead atoms. The second kappa shape index (κ2) is 5.40. The molecule has 0 fully saturated rings. The molecule has 0 aliphatic carbocycles. The second-order valence-electron chi connectivity index (χ2n) is 4.90. The van der Waals surface area contributed by atoms with Crippen molar-refractivity contribution in [2.24, 2.45) is 0 Å². The average molecular weight is 258 g/mol. The van der Waals surface area contributed by atoms with E-state index in [1.807, 2.05) is 0 Å². The van der Waals surface area contributed by atoms with Gasteiger partial charge in [0.2, 0.25) is 5.89 Å². The number of rotatable bonds is 5. The largest absolute Gasteiger partial charge is 0.374 e. The van der Waals surface area contributed by atoms with E-state index in [1.54, 1.807) is 0 Å². The third-order valence-electron chi connectivity index (χ3n) is 3.52. The highest BCUT2D eigenvalue weighted by atomic mass is 16.5. The van der Waals surface area contributed by atoms with Crippen molar-refractivity contribution in [3.05, 3.63) is 41.5 Å². The number of likely N-dealkylation sites (N-methyl/N-ethyl adjacent to an activating group) is 1. The predicted octanol–water partition coefficient (Wildman–Crippen LogP) is 1.39. The van der Waals surface area contributed by atoms with Crippen LogP contribution < -0.4 is 10.2 Å². The number of nitrogens with one attached hydrogen (secondary N) is 1. The van der Waals surface area contributed by atoms with Crippen molar-refractivity contribution in [3.8, 4) is 0 Å². The number of fused-ring (bicyclic) bond motifs is 1. The smallest absolute Gasteiger partial charge is 0.227 e. The summed E-state index contributed by atoms with van der Waals surface area (Å²) < 4.78 is 4.95. The van der Waals surface area contributed by atoms with Crippen LogP contribution in [0.2, 0.25) is 0 Å². The SMILES string of the molecule is CN1CCc2cc(CNCCc3ncno3)ccc21. The van der Waals surface area contributed by atoms with E-state index < -0.39 is 0 Å². The van der Waals surface area contributed by atoms with Crippen LogP contribution in [0, 0.1) is 0 Å². The standard InChI is InChI=1S/C14H18N4O/c1-18-7-5-12-8-11(2-3-13(12)18)9-15-6-4-14-16-10-17-19-14/h2-3,8,10,15H,4-7,9H2,1H3. The Labute approximate surface area is 112 Å². The summed E-state index contributed by atoms with van der Waals surface area (Å²) in [5, 5.41) is 6.99. The van der Waals surface area contributed by atoms with E-state index in [0.29, 0.717) is 5.89 Å². The van der Waals surface area contributed by atoms with Gasteiger partial charge in [-0.05, 0) is 23.6 Å².